The minimum absolute atomic E-state index is 0.282. The van der Waals surface area contributed by atoms with Crippen molar-refractivity contribution in [2.24, 2.45) is 0 Å². The van der Waals surface area contributed by atoms with Crippen LogP contribution in [0.15, 0.2) is 12.2 Å². The smallest absolute Gasteiger partial charge is 0.344 e. The average Bonchev–Trinajstić information content (AvgIpc) is 2.78. The predicted octanol–water partition coefficient (Wildman–Crippen LogP) is 4.04. The molecule has 0 aliphatic heterocycles. The molecule has 226 valence electrons. The van der Waals surface area contributed by atoms with Crippen molar-refractivity contribution < 1.29 is 90.4 Å². The third kappa shape index (κ3) is 3.29. The number of carbonyl (C=O) groups is 2. The molecule has 1 N–H and O–H groups in total. The maximum atomic E-state index is 15.2. The number of alkyl halides is 14. The maximum Gasteiger partial charge on any atom is 0.344 e. The van der Waals surface area contributed by atoms with Crippen LogP contribution in [-0.2, 0) is 23.8 Å². The number of aliphatic hydroxyl groups is 1. The van der Waals surface area contributed by atoms with Gasteiger partial charge in [0, 0.05) is 5.57 Å². The van der Waals surface area contributed by atoms with Crippen LogP contribution in [0.25, 0.3) is 0 Å². The van der Waals surface area contributed by atoms with Crippen LogP contribution in [0.1, 0.15) is 13.8 Å². The monoisotopic (exact) mass is 606 g/mol. The number of carbonyl (C=O) groups excluding carboxylic acids is 2. The molecule has 2 aliphatic rings. The zero-order valence-corrected chi connectivity index (χ0v) is 19.2. The molecule has 0 aromatic heterocycles. The second-order valence-electron chi connectivity index (χ2n) is 8.72. The van der Waals surface area contributed by atoms with Gasteiger partial charge in [0.2, 0.25) is 0 Å². The summed E-state index contributed by atoms with van der Waals surface area (Å²) in [7, 11) is 0. The largest absolute Gasteiger partial charge is 0.461 e. The van der Waals surface area contributed by atoms with Gasteiger partial charge in [0.1, 0.15) is 6.61 Å². The minimum atomic E-state index is -7.88. The van der Waals surface area contributed by atoms with Crippen LogP contribution in [0, 0.1) is 0 Å². The van der Waals surface area contributed by atoms with E-state index >= 15 is 30.7 Å². The Hall–Kier alpha value is -2.38. The molecule has 0 spiro atoms. The number of hydrogen-bond donors (Lipinski definition) is 1. The van der Waals surface area contributed by atoms with E-state index in [-0.39, 0.29) is 5.57 Å². The molecule has 4 atom stereocenters. The van der Waals surface area contributed by atoms with E-state index in [1.165, 1.54) is 0 Å². The van der Waals surface area contributed by atoms with E-state index in [1.54, 1.807) is 0 Å². The fourth-order valence-corrected chi connectivity index (χ4v) is 4.19. The Morgan fingerprint density at radius 1 is 0.769 bits per heavy atom. The Bertz CT molecular complexity index is 1040. The second-order valence-corrected chi connectivity index (χ2v) is 8.72. The van der Waals surface area contributed by atoms with Crippen molar-refractivity contribution in [3.05, 3.63) is 12.2 Å². The molecule has 0 aromatic rings. The summed E-state index contributed by atoms with van der Waals surface area (Å²) in [4.78, 5) is 22.6. The van der Waals surface area contributed by atoms with Gasteiger partial charge in [0.15, 0.2) is 12.2 Å². The van der Waals surface area contributed by atoms with Gasteiger partial charge >= 0.3 is 52.9 Å². The molecule has 0 heterocycles. The standard InChI is InChI=1S/C19H16F14O6/c1-7(2)9(35)38-6-8(34)37-4-5-39-14-16(26,27)11(3,36)15(24,25)13(23,19(14,32)33)17(28,29)12(22,10(20)21)18(14,30)31/h10,36H,1,4-6H2,2-3H3. The summed E-state index contributed by atoms with van der Waals surface area (Å²) < 4.78 is 217. The molecule has 0 radical (unpaired) electrons. The minimum Gasteiger partial charge on any atom is -0.461 e. The van der Waals surface area contributed by atoms with Gasteiger partial charge in [-0.1, -0.05) is 6.58 Å². The molecule has 20 heteroatoms. The quantitative estimate of drug-likeness (QED) is 0.195. The molecule has 4 unspecified atom stereocenters. The molecule has 6 nitrogen and oxygen atoms in total. The van der Waals surface area contributed by atoms with Gasteiger partial charge in [0.25, 0.3) is 12.0 Å². The first-order chi connectivity index (χ1) is 17.2. The molecule has 2 fully saturated rings. The third-order valence-electron chi connectivity index (χ3n) is 6.40. The Kier molecular flexibility index (Phi) is 7.41. The van der Waals surface area contributed by atoms with E-state index in [2.05, 4.69) is 20.8 Å². The van der Waals surface area contributed by atoms with E-state index in [0.717, 1.165) is 6.92 Å². The summed E-state index contributed by atoms with van der Waals surface area (Å²) in [6, 6.07) is 0. The summed E-state index contributed by atoms with van der Waals surface area (Å²) in [5, 5.41) is 9.61. The molecule has 0 aromatic carbocycles. The molecule has 2 bridgehead atoms. The Morgan fingerprint density at radius 2 is 1.26 bits per heavy atom. The van der Waals surface area contributed by atoms with Crippen molar-refractivity contribution in [1.82, 2.24) is 0 Å². The zero-order valence-electron chi connectivity index (χ0n) is 19.2. The fraction of sp³-hybridized carbons (Fsp3) is 0.789. The van der Waals surface area contributed by atoms with Crippen molar-refractivity contribution in [2.75, 3.05) is 19.8 Å². The lowest BCUT2D eigenvalue weighted by atomic mass is 9.49. The van der Waals surface area contributed by atoms with Crippen LogP contribution in [0.3, 0.4) is 0 Å². The topological polar surface area (TPSA) is 82.1 Å². The first kappa shape index (κ1) is 32.8. The van der Waals surface area contributed by atoms with E-state index in [1.807, 2.05) is 0 Å². The van der Waals surface area contributed by atoms with Gasteiger partial charge in [-0.25, -0.2) is 27.2 Å². The van der Waals surface area contributed by atoms with Crippen LogP contribution in [0.2, 0.25) is 0 Å². The summed E-state index contributed by atoms with van der Waals surface area (Å²) in [6.45, 7) is -2.37. The average molecular weight is 606 g/mol. The van der Waals surface area contributed by atoms with Gasteiger partial charge in [-0.2, -0.15) is 43.9 Å². The lowest BCUT2D eigenvalue weighted by Gasteiger charge is -2.68. The maximum absolute atomic E-state index is 15.2. The molecule has 39 heavy (non-hydrogen) atoms. The fourth-order valence-electron chi connectivity index (χ4n) is 4.19. The normalized spacial score (nSPS) is 37.2. The summed E-state index contributed by atoms with van der Waals surface area (Å²) in [5.41, 5.74) is -28.5. The van der Waals surface area contributed by atoms with Crippen LogP contribution in [0.4, 0.5) is 61.5 Å². The van der Waals surface area contributed by atoms with E-state index < -0.39 is 97.3 Å². The number of rotatable bonds is 8. The van der Waals surface area contributed by atoms with E-state index in [9.17, 15) is 45.4 Å². The van der Waals surface area contributed by atoms with Crippen molar-refractivity contribution in [3.63, 3.8) is 0 Å². The highest BCUT2D eigenvalue weighted by molar-refractivity contribution is 5.88. The first-order valence-electron chi connectivity index (χ1n) is 10.1. The van der Waals surface area contributed by atoms with Crippen LogP contribution < -0.4 is 0 Å². The van der Waals surface area contributed by atoms with Crippen LogP contribution in [-0.4, -0.2) is 95.4 Å². The predicted molar refractivity (Wildman–Crippen MR) is 94.5 cm³/mol. The van der Waals surface area contributed by atoms with E-state index in [0.29, 0.717) is 0 Å². The summed E-state index contributed by atoms with van der Waals surface area (Å²) in [6.07, 6.45) is -6.09. The molecule has 2 saturated carbocycles. The van der Waals surface area contributed by atoms with Crippen molar-refractivity contribution >= 4 is 11.9 Å². The summed E-state index contributed by atoms with van der Waals surface area (Å²) in [5.74, 6) is -40.5. The molecule has 2 aliphatic carbocycles. The highest BCUT2D eigenvalue weighted by Crippen LogP contribution is 2.80. The summed E-state index contributed by atoms with van der Waals surface area (Å²) >= 11 is 0. The molecular weight excluding hydrogens is 590 g/mol. The number of ether oxygens (including phenoxy) is 3. The number of esters is 2. The van der Waals surface area contributed by atoms with Gasteiger partial charge in [-0.15, -0.1) is 0 Å². The van der Waals surface area contributed by atoms with Gasteiger partial charge in [-0.3, -0.25) is 0 Å². The number of fused-ring (bicyclic) bond motifs is 2. The van der Waals surface area contributed by atoms with Crippen LogP contribution in [0.5, 0.6) is 0 Å². The zero-order chi connectivity index (χ0) is 31.1. The van der Waals surface area contributed by atoms with Gasteiger partial charge in [-0.05, 0) is 13.8 Å². The molecule has 0 amide bonds. The number of hydrogen-bond acceptors (Lipinski definition) is 6. The van der Waals surface area contributed by atoms with Crippen molar-refractivity contribution in [2.45, 2.75) is 72.4 Å². The Balaban J connectivity index is 2.69. The molecular formula is C19H16F14O6. The Morgan fingerprint density at radius 3 is 1.69 bits per heavy atom. The lowest BCUT2D eigenvalue weighted by molar-refractivity contribution is -0.563. The Labute approximate surface area is 207 Å². The molecule has 0 saturated heterocycles. The van der Waals surface area contributed by atoms with Gasteiger partial charge < -0.3 is 19.3 Å². The van der Waals surface area contributed by atoms with E-state index in [4.69, 9.17) is 0 Å². The van der Waals surface area contributed by atoms with Gasteiger partial charge in [0.05, 0.1) is 6.61 Å². The van der Waals surface area contributed by atoms with Crippen LogP contribution >= 0.6 is 0 Å². The lowest BCUT2D eigenvalue weighted by Crippen LogP contribution is -3.01. The van der Waals surface area contributed by atoms with Crippen molar-refractivity contribution in [1.29, 1.82) is 0 Å². The second kappa shape index (κ2) is 8.81. The molecule has 2 rings (SSSR count). The highest BCUT2D eigenvalue weighted by atomic mass is 19.3. The first-order valence-corrected chi connectivity index (χ1v) is 10.1. The number of halogens is 14. The highest BCUT2D eigenvalue weighted by Gasteiger charge is 3.13. The SMILES string of the molecule is C=C(C)C(=O)OCC(=O)OCCOC12C(F)(F)C(C)(O)C(F)(F)C(F)(C(F)(F)C(F)(C(F)F)C1(F)F)C2(F)F. The van der Waals surface area contributed by atoms with Crippen molar-refractivity contribution in [3.8, 4) is 0 Å². The third-order valence-corrected chi connectivity index (χ3v) is 6.40.